The molecule has 3 N–H and O–H groups in total. The van der Waals surface area contributed by atoms with Gasteiger partial charge < -0.3 is 5.32 Å². The van der Waals surface area contributed by atoms with Crippen LogP contribution in [0.4, 0.5) is 28.8 Å². The molecule has 14 heteroatoms. The van der Waals surface area contributed by atoms with Gasteiger partial charge in [-0.3, -0.25) is 35.9 Å². The summed E-state index contributed by atoms with van der Waals surface area (Å²) in [4.78, 5) is 44.9. The highest BCUT2D eigenvalue weighted by molar-refractivity contribution is 9.10. The van der Waals surface area contributed by atoms with Gasteiger partial charge >= 0.3 is 5.69 Å². The van der Waals surface area contributed by atoms with Crippen molar-refractivity contribution >= 4 is 50.7 Å². The summed E-state index contributed by atoms with van der Waals surface area (Å²) in [6.45, 7) is 0. The maximum absolute atomic E-state index is 12.2. The molecule has 0 saturated carbocycles. The Kier molecular flexibility index (Phi) is 6.07. The average molecular weight is 475 g/mol. The number of hydrazine groups is 1. The third kappa shape index (κ3) is 4.79. The number of nitrogens with zero attached hydrogens (tertiary/aromatic N) is 5. The second-order valence-electron chi connectivity index (χ2n) is 5.55. The Bertz CT molecular complexity index is 1120. The molecule has 2 aromatic heterocycles. The molecule has 0 unspecified atom stereocenters. The van der Waals surface area contributed by atoms with Crippen molar-refractivity contribution < 1.29 is 14.6 Å². The summed E-state index contributed by atoms with van der Waals surface area (Å²) in [6, 6.07) is 8.25. The molecule has 0 spiro atoms. The summed E-state index contributed by atoms with van der Waals surface area (Å²) in [6.07, 6.45) is 2.55. The molecule has 13 nitrogen and oxygen atoms in total. The number of rotatable bonds is 7. The summed E-state index contributed by atoms with van der Waals surface area (Å²) < 4.78 is 0.719. The minimum atomic E-state index is -0.754. The Labute approximate surface area is 176 Å². The van der Waals surface area contributed by atoms with Crippen LogP contribution in [-0.2, 0) is 0 Å². The van der Waals surface area contributed by atoms with E-state index >= 15 is 0 Å². The van der Waals surface area contributed by atoms with Crippen LogP contribution in [0.1, 0.15) is 10.4 Å². The number of pyridine rings is 1. The number of hydrogen-bond acceptors (Lipinski definition) is 10. The highest BCUT2D eigenvalue weighted by Crippen LogP contribution is 2.30. The van der Waals surface area contributed by atoms with Crippen LogP contribution in [0.3, 0.4) is 0 Å². The van der Waals surface area contributed by atoms with Crippen LogP contribution in [0.5, 0.6) is 0 Å². The molecule has 0 aliphatic heterocycles. The van der Waals surface area contributed by atoms with Crippen molar-refractivity contribution in [2.24, 2.45) is 0 Å². The lowest BCUT2D eigenvalue weighted by molar-refractivity contribution is -0.384. The molecular formula is C16H11BrN8O5. The molecule has 152 valence electrons. The van der Waals surface area contributed by atoms with Crippen molar-refractivity contribution in [3.05, 3.63) is 79.2 Å². The molecule has 1 aromatic carbocycles. The highest BCUT2D eigenvalue weighted by atomic mass is 79.9. The van der Waals surface area contributed by atoms with E-state index in [1.807, 2.05) is 0 Å². The van der Waals surface area contributed by atoms with E-state index in [9.17, 15) is 25.0 Å². The number of non-ortho nitro benzene ring substituents is 1. The first-order valence-corrected chi connectivity index (χ1v) is 8.83. The normalized spacial score (nSPS) is 10.2. The maximum Gasteiger partial charge on any atom is 0.355 e. The van der Waals surface area contributed by atoms with Crippen molar-refractivity contribution in [1.29, 1.82) is 0 Å². The molecule has 1 amide bonds. The summed E-state index contributed by atoms with van der Waals surface area (Å²) in [5, 5.41) is 25.1. The number of amides is 1. The lowest BCUT2D eigenvalue weighted by atomic mass is 10.2. The number of carbonyl (C=O) groups excluding carboxylic acids is 1. The largest absolute Gasteiger partial charge is 0.355 e. The predicted molar refractivity (Wildman–Crippen MR) is 108 cm³/mol. The molecule has 0 radical (unpaired) electrons. The average Bonchev–Trinajstić information content (AvgIpc) is 2.73. The number of anilines is 3. The number of nitrogens with one attached hydrogen (secondary N) is 3. The van der Waals surface area contributed by atoms with Gasteiger partial charge in [-0.15, -0.1) is 0 Å². The predicted octanol–water partition coefficient (Wildman–Crippen LogP) is 2.95. The van der Waals surface area contributed by atoms with Crippen molar-refractivity contribution in [2.75, 3.05) is 10.7 Å². The van der Waals surface area contributed by atoms with Gasteiger partial charge in [0.2, 0.25) is 11.6 Å². The Balaban J connectivity index is 1.81. The zero-order chi connectivity index (χ0) is 21.7. The van der Waals surface area contributed by atoms with Crippen molar-refractivity contribution in [3.63, 3.8) is 0 Å². The maximum atomic E-state index is 12.2. The quantitative estimate of drug-likeness (QED) is 0.340. The van der Waals surface area contributed by atoms with Crippen LogP contribution in [0, 0.1) is 20.2 Å². The standard InChI is InChI=1S/C16H11BrN8O5/c17-10-4-5-12(18-7-10)21-14-13(25(29)30)15(20-8-19-14)22-23-16(26)9-2-1-3-11(6-9)24(27)28/h1-8H,(H,23,26)(H2,18,19,20,21,22). The van der Waals surface area contributed by atoms with Crippen molar-refractivity contribution in [3.8, 4) is 0 Å². The van der Waals surface area contributed by atoms with Crippen molar-refractivity contribution in [2.45, 2.75) is 0 Å². The van der Waals surface area contributed by atoms with Gasteiger partial charge in [0, 0.05) is 28.4 Å². The monoisotopic (exact) mass is 474 g/mol. The number of carbonyl (C=O) groups is 1. The fourth-order valence-electron chi connectivity index (χ4n) is 2.25. The summed E-state index contributed by atoms with van der Waals surface area (Å²) >= 11 is 3.23. The van der Waals surface area contributed by atoms with E-state index in [-0.39, 0.29) is 22.9 Å². The summed E-state index contributed by atoms with van der Waals surface area (Å²) in [7, 11) is 0. The van der Waals surface area contributed by atoms with Crippen LogP contribution in [0.15, 0.2) is 53.4 Å². The van der Waals surface area contributed by atoms with E-state index in [1.165, 1.54) is 24.4 Å². The highest BCUT2D eigenvalue weighted by Gasteiger charge is 2.24. The van der Waals surface area contributed by atoms with Gasteiger partial charge in [0.05, 0.1) is 9.85 Å². The zero-order valence-electron chi connectivity index (χ0n) is 14.8. The van der Waals surface area contributed by atoms with Crippen LogP contribution >= 0.6 is 15.9 Å². The lowest BCUT2D eigenvalue weighted by Gasteiger charge is -2.10. The smallest absolute Gasteiger partial charge is 0.319 e. The van der Waals surface area contributed by atoms with Crippen LogP contribution in [0.25, 0.3) is 0 Å². The van der Waals surface area contributed by atoms with Crippen molar-refractivity contribution in [1.82, 2.24) is 20.4 Å². The van der Waals surface area contributed by atoms with Gasteiger partial charge in [0.15, 0.2) is 0 Å². The summed E-state index contributed by atoms with van der Waals surface area (Å²) in [5.41, 5.74) is 3.73. The Morgan fingerprint density at radius 3 is 2.43 bits per heavy atom. The van der Waals surface area contributed by atoms with E-state index in [2.05, 4.69) is 47.1 Å². The van der Waals surface area contributed by atoms with E-state index in [0.717, 1.165) is 16.9 Å². The number of benzene rings is 1. The first-order chi connectivity index (χ1) is 14.3. The molecular weight excluding hydrogens is 464 g/mol. The molecule has 2 heterocycles. The third-order valence-electron chi connectivity index (χ3n) is 3.59. The van der Waals surface area contributed by atoms with E-state index in [0.29, 0.717) is 5.82 Å². The van der Waals surface area contributed by atoms with Gasteiger partial charge in [0.1, 0.15) is 12.1 Å². The minimum Gasteiger partial charge on any atom is -0.319 e. The van der Waals surface area contributed by atoms with Crippen LogP contribution < -0.4 is 16.2 Å². The number of hydrogen-bond donors (Lipinski definition) is 3. The van der Waals surface area contributed by atoms with E-state index < -0.39 is 21.4 Å². The topological polar surface area (TPSA) is 178 Å². The fourth-order valence-corrected chi connectivity index (χ4v) is 2.49. The molecule has 0 atom stereocenters. The van der Waals surface area contributed by atoms with E-state index in [1.54, 1.807) is 12.1 Å². The minimum absolute atomic E-state index is 0.0224. The molecule has 0 saturated heterocycles. The first kappa shape index (κ1) is 20.5. The van der Waals surface area contributed by atoms with Gasteiger partial charge in [-0.05, 0) is 34.1 Å². The molecule has 3 rings (SSSR count). The number of halogens is 1. The first-order valence-electron chi connectivity index (χ1n) is 8.04. The molecule has 0 aliphatic rings. The Hall–Kier alpha value is -4.20. The van der Waals surface area contributed by atoms with Crippen LogP contribution in [0.2, 0.25) is 0 Å². The van der Waals surface area contributed by atoms with Gasteiger partial charge in [-0.25, -0.2) is 15.0 Å². The molecule has 0 fully saturated rings. The second kappa shape index (κ2) is 8.87. The third-order valence-corrected chi connectivity index (χ3v) is 4.06. The number of nitro groups is 2. The molecule has 0 bridgehead atoms. The molecule has 30 heavy (non-hydrogen) atoms. The second-order valence-corrected chi connectivity index (χ2v) is 6.47. The van der Waals surface area contributed by atoms with Gasteiger partial charge in [0.25, 0.3) is 11.6 Å². The van der Waals surface area contributed by atoms with Gasteiger partial charge in [-0.1, -0.05) is 6.07 Å². The number of aromatic nitrogens is 3. The summed E-state index contributed by atoms with van der Waals surface area (Å²) in [5.74, 6) is -0.910. The van der Waals surface area contributed by atoms with Gasteiger partial charge in [-0.2, -0.15) is 0 Å². The zero-order valence-corrected chi connectivity index (χ0v) is 16.4. The molecule has 0 aliphatic carbocycles. The Morgan fingerprint density at radius 1 is 1.00 bits per heavy atom. The fraction of sp³-hybridized carbons (Fsp3) is 0. The molecule has 3 aromatic rings. The Morgan fingerprint density at radius 2 is 1.77 bits per heavy atom. The number of nitro benzene ring substituents is 1. The van der Waals surface area contributed by atoms with E-state index in [4.69, 9.17) is 0 Å². The van der Waals surface area contributed by atoms with Crippen LogP contribution in [-0.4, -0.2) is 30.7 Å². The SMILES string of the molecule is O=C(NNc1ncnc(Nc2ccc(Br)cn2)c1[N+](=O)[O-])c1cccc([N+](=O)[O-])c1. The lowest BCUT2D eigenvalue weighted by Crippen LogP contribution is -2.30.